The third-order valence-electron chi connectivity index (χ3n) is 4.77. The molecule has 0 spiro atoms. The summed E-state index contributed by atoms with van der Waals surface area (Å²) in [5.41, 5.74) is 2.62. The minimum Gasteiger partial charge on any atom is -0.496 e. The van der Waals surface area contributed by atoms with Gasteiger partial charge in [-0.3, -0.25) is 9.78 Å². The van der Waals surface area contributed by atoms with Gasteiger partial charge in [0.05, 0.1) is 7.11 Å². The van der Waals surface area contributed by atoms with Crippen molar-refractivity contribution in [2.75, 3.05) is 12.4 Å². The van der Waals surface area contributed by atoms with Crippen LogP contribution in [0.5, 0.6) is 5.75 Å². The van der Waals surface area contributed by atoms with Gasteiger partial charge in [-0.1, -0.05) is 24.3 Å². The smallest absolute Gasteiger partial charge is 0.220 e. The highest BCUT2D eigenvalue weighted by molar-refractivity contribution is 5.76. The molecule has 0 radical (unpaired) electrons. The minimum atomic E-state index is -0.0755. The first-order valence-electron chi connectivity index (χ1n) is 9.95. The summed E-state index contributed by atoms with van der Waals surface area (Å²) in [5.74, 6) is 2.00. The zero-order valence-electron chi connectivity index (χ0n) is 17.2. The number of para-hydroxylation sites is 1. The fourth-order valence-corrected chi connectivity index (χ4v) is 3.14. The monoisotopic (exact) mass is 417 g/mol. The van der Waals surface area contributed by atoms with Crippen LogP contribution >= 0.6 is 0 Å². The third kappa shape index (κ3) is 5.13. The van der Waals surface area contributed by atoms with Gasteiger partial charge in [0, 0.05) is 43.9 Å². The number of aryl methyl sites for hydroxylation is 1. The zero-order valence-corrected chi connectivity index (χ0v) is 17.2. The molecule has 0 fully saturated rings. The van der Waals surface area contributed by atoms with Gasteiger partial charge in [-0.05, 0) is 29.8 Å². The van der Waals surface area contributed by atoms with Gasteiger partial charge in [-0.25, -0.2) is 0 Å². The summed E-state index contributed by atoms with van der Waals surface area (Å²) < 4.78 is 6.98. The summed E-state index contributed by atoms with van der Waals surface area (Å²) in [7, 11) is 1.61. The molecule has 2 N–H and O–H groups in total. The van der Waals surface area contributed by atoms with Gasteiger partial charge in [0.1, 0.15) is 11.6 Å². The van der Waals surface area contributed by atoms with Gasteiger partial charge < -0.3 is 15.4 Å². The van der Waals surface area contributed by atoms with Crippen molar-refractivity contribution in [1.29, 1.82) is 0 Å². The molecule has 0 aliphatic heterocycles. The third-order valence-corrected chi connectivity index (χ3v) is 4.77. The van der Waals surface area contributed by atoms with Crippen molar-refractivity contribution in [3.8, 4) is 5.75 Å². The number of nitrogens with one attached hydrogen (secondary N) is 2. The van der Waals surface area contributed by atoms with Gasteiger partial charge in [0.2, 0.25) is 5.91 Å². The largest absolute Gasteiger partial charge is 0.496 e. The van der Waals surface area contributed by atoms with Gasteiger partial charge in [-0.2, -0.15) is 4.52 Å². The van der Waals surface area contributed by atoms with E-state index in [1.165, 1.54) is 0 Å². The lowest BCUT2D eigenvalue weighted by Crippen LogP contribution is -2.23. The van der Waals surface area contributed by atoms with Crippen molar-refractivity contribution in [2.45, 2.75) is 25.9 Å². The molecule has 0 unspecified atom stereocenters. The van der Waals surface area contributed by atoms with Gasteiger partial charge >= 0.3 is 0 Å². The summed E-state index contributed by atoms with van der Waals surface area (Å²) in [6, 6.07) is 15.2. The molecule has 4 aromatic rings. The van der Waals surface area contributed by atoms with E-state index in [9.17, 15) is 4.79 Å². The number of aromatic nitrogens is 5. The predicted molar refractivity (Wildman–Crippen MR) is 116 cm³/mol. The van der Waals surface area contributed by atoms with Crippen LogP contribution in [0.4, 0.5) is 5.82 Å². The van der Waals surface area contributed by atoms with Crippen LogP contribution < -0.4 is 15.4 Å². The second-order valence-corrected chi connectivity index (χ2v) is 6.91. The number of carbonyl (C=O) groups is 1. The van der Waals surface area contributed by atoms with Crippen molar-refractivity contribution in [3.63, 3.8) is 0 Å². The number of nitrogens with zero attached hydrogens (tertiary/aromatic N) is 5. The number of rotatable bonds is 9. The van der Waals surface area contributed by atoms with E-state index in [1.807, 2.05) is 48.5 Å². The molecule has 158 valence electrons. The Kier molecular flexibility index (Phi) is 6.32. The van der Waals surface area contributed by atoms with Crippen LogP contribution in [0.2, 0.25) is 0 Å². The Morgan fingerprint density at radius 1 is 1.06 bits per heavy atom. The van der Waals surface area contributed by atoms with Gasteiger partial charge in [-0.15, -0.1) is 15.3 Å². The molecule has 0 atom stereocenters. The highest BCUT2D eigenvalue weighted by atomic mass is 16.5. The molecule has 0 aliphatic carbocycles. The van der Waals surface area contributed by atoms with E-state index >= 15 is 0 Å². The van der Waals surface area contributed by atoms with Crippen molar-refractivity contribution >= 4 is 17.4 Å². The molecule has 9 nitrogen and oxygen atoms in total. The van der Waals surface area contributed by atoms with E-state index in [0.717, 1.165) is 16.9 Å². The average molecular weight is 417 g/mol. The molecule has 0 saturated carbocycles. The first kappa shape index (κ1) is 20.3. The lowest BCUT2D eigenvalue weighted by molar-refractivity contribution is -0.121. The van der Waals surface area contributed by atoms with Crippen molar-refractivity contribution in [1.82, 2.24) is 30.1 Å². The van der Waals surface area contributed by atoms with Crippen LogP contribution in [0.25, 0.3) is 5.65 Å². The van der Waals surface area contributed by atoms with Crippen LogP contribution in [0.15, 0.2) is 60.9 Å². The van der Waals surface area contributed by atoms with E-state index in [-0.39, 0.29) is 12.3 Å². The topological polar surface area (TPSA) is 106 Å². The number of fused-ring (bicyclic) bond motifs is 1. The predicted octanol–water partition coefficient (Wildman–Crippen LogP) is 2.39. The van der Waals surface area contributed by atoms with Crippen molar-refractivity contribution in [2.24, 2.45) is 0 Å². The maximum Gasteiger partial charge on any atom is 0.220 e. The van der Waals surface area contributed by atoms with Gasteiger partial charge in [0.15, 0.2) is 11.5 Å². The molecule has 1 aromatic carbocycles. The average Bonchev–Trinajstić information content (AvgIpc) is 3.23. The first-order valence-corrected chi connectivity index (χ1v) is 9.95. The lowest BCUT2D eigenvalue weighted by atomic mass is 10.2. The molecule has 0 saturated heterocycles. The second kappa shape index (κ2) is 9.66. The van der Waals surface area contributed by atoms with E-state index in [4.69, 9.17) is 4.74 Å². The highest BCUT2D eigenvalue weighted by Crippen LogP contribution is 2.16. The first-order chi connectivity index (χ1) is 15.2. The Labute approximate surface area is 179 Å². The zero-order chi connectivity index (χ0) is 21.5. The second-order valence-electron chi connectivity index (χ2n) is 6.91. The Bertz CT molecular complexity index is 1160. The molecule has 0 aliphatic rings. The maximum atomic E-state index is 12.3. The maximum absolute atomic E-state index is 12.3. The van der Waals surface area contributed by atoms with E-state index in [1.54, 1.807) is 24.0 Å². The molecule has 9 heteroatoms. The van der Waals surface area contributed by atoms with Crippen LogP contribution in [0.1, 0.15) is 23.4 Å². The Morgan fingerprint density at radius 3 is 2.81 bits per heavy atom. The molecular formula is C22H23N7O2. The highest BCUT2D eigenvalue weighted by Gasteiger charge is 2.11. The Morgan fingerprint density at radius 2 is 1.97 bits per heavy atom. The molecule has 31 heavy (non-hydrogen) atoms. The molecule has 3 heterocycles. The van der Waals surface area contributed by atoms with Crippen LogP contribution in [-0.4, -0.2) is 37.8 Å². The van der Waals surface area contributed by atoms with Crippen LogP contribution in [0, 0.1) is 0 Å². The van der Waals surface area contributed by atoms with Gasteiger partial charge in [0.25, 0.3) is 0 Å². The lowest BCUT2D eigenvalue weighted by Gasteiger charge is -2.09. The summed E-state index contributed by atoms with van der Waals surface area (Å²) in [4.78, 5) is 16.4. The number of pyridine rings is 1. The number of ether oxygens (including phenoxy) is 1. The number of carbonyl (C=O) groups excluding carboxylic acids is 1. The molecule has 1 amide bonds. The van der Waals surface area contributed by atoms with Crippen molar-refractivity contribution < 1.29 is 9.53 Å². The standard InChI is InChI=1S/C22H23N7O2/c1-31-18-7-3-2-6-17(18)15-25-22(30)11-10-21-27-26-20-9-8-19(28-29(20)21)24-14-16-5-4-12-23-13-16/h2-9,12-13H,10-11,14-15H2,1H3,(H,24,28)(H,25,30). The van der Waals surface area contributed by atoms with Crippen LogP contribution in [-0.2, 0) is 24.3 Å². The fraction of sp³-hybridized carbons (Fsp3) is 0.227. The fourth-order valence-electron chi connectivity index (χ4n) is 3.14. The molecule has 0 bridgehead atoms. The summed E-state index contributed by atoms with van der Waals surface area (Å²) >= 11 is 0. The van der Waals surface area contributed by atoms with Crippen LogP contribution in [0.3, 0.4) is 0 Å². The normalized spacial score (nSPS) is 10.7. The minimum absolute atomic E-state index is 0.0755. The van der Waals surface area contributed by atoms with E-state index in [2.05, 4.69) is 30.9 Å². The molecule has 4 rings (SSSR count). The van der Waals surface area contributed by atoms with E-state index in [0.29, 0.717) is 36.8 Å². The Hall–Kier alpha value is -4.01. The number of anilines is 1. The number of benzene rings is 1. The summed E-state index contributed by atoms with van der Waals surface area (Å²) in [6.45, 7) is 1.01. The number of hydrogen-bond acceptors (Lipinski definition) is 7. The number of hydrogen-bond donors (Lipinski definition) is 2. The molecule has 3 aromatic heterocycles. The quantitative estimate of drug-likeness (QED) is 0.431. The summed E-state index contributed by atoms with van der Waals surface area (Å²) in [5, 5.41) is 19.1. The number of amides is 1. The number of methoxy groups -OCH3 is 1. The van der Waals surface area contributed by atoms with Crippen molar-refractivity contribution in [3.05, 3.63) is 77.9 Å². The SMILES string of the molecule is COc1ccccc1CNC(=O)CCc1nnc2ccc(NCc3cccnc3)nn12. The molecular weight excluding hydrogens is 394 g/mol. The van der Waals surface area contributed by atoms with E-state index < -0.39 is 0 Å². The Balaban J connectivity index is 1.35. The summed E-state index contributed by atoms with van der Waals surface area (Å²) in [6.07, 6.45) is 4.26.